The molecule has 68 valence electrons. The fourth-order valence-corrected chi connectivity index (χ4v) is 1.06. The van der Waals surface area contributed by atoms with Crippen LogP contribution in [0.25, 0.3) is 0 Å². The van der Waals surface area contributed by atoms with E-state index < -0.39 is 6.10 Å². The second-order valence-corrected chi connectivity index (χ2v) is 2.77. The molecule has 1 aromatic carbocycles. The molecule has 0 saturated carbocycles. The van der Waals surface area contributed by atoms with Crippen LogP contribution in [0.3, 0.4) is 0 Å². The third-order valence-corrected chi connectivity index (χ3v) is 1.75. The van der Waals surface area contributed by atoms with Crippen molar-refractivity contribution < 1.29 is 9.90 Å². The second-order valence-electron chi connectivity index (χ2n) is 2.77. The lowest BCUT2D eigenvalue weighted by atomic mass is 10.0. The fraction of sp³-hybridized carbons (Fsp3) is 0.182. The Morgan fingerprint density at radius 1 is 1.46 bits per heavy atom. The molecule has 1 N–H and O–H groups in total. The number of carbonyl (C=O) groups is 1. The summed E-state index contributed by atoms with van der Waals surface area (Å²) < 4.78 is 0. The Balaban J connectivity index is 2.73. The Morgan fingerprint density at radius 2 is 2.08 bits per heavy atom. The van der Waals surface area contributed by atoms with E-state index in [0.29, 0.717) is 12.0 Å². The Bertz CT molecular complexity index is 290. The fourth-order valence-electron chi connectivity index (χ4n) is 1.06. The van der Waals surface area contributed by atoms with Gasteiger partial charge < -0.3 is 5.11 Å². The summed E-state index contributed by atoms with van der Waals surface area (Å²) in [5.74, 6) is -0.250. The maximum atomic E-state index is 11.4. The first-order valence-corrected chi connectivity index (χ1v) is 4.14. The highest BCUT2D eigenvalue weighted by Crippen LogP contribution is 2.05. The Kier molecular flexibility index (Phi) is 3.41. The van der Waals surface area contributed by atoms with Gasteiger partial charge in [0, 0.05) is 5.56 Å². The van der Waals surface area contributed by atoms with Crippen molar-refractivity contribution in [1.82, 2.24) is 0 Å². The standard InChI is InChI=1S/C11H12O2/c1-2-6-10(12)11(13)9-7-4-3-5-8-9/h2-5,7-8,10,12H,1,6H2/t10-/m1/s1. The van der Waals surface area contributed by atoms with E-state index in [2.05, 4.69) is 6.58 Å². The van der Waals surface area contributed by atoms with Crippen molar-refractivity contribution >= 4 is 5.78 Å². The molecule has 2 nitrogen and oxygen atoms in total. The summed E-state index contributed by atoms with van der Waals surface area (Å²) in [7, 11) is 0. The van der Waals surface area contributed by atoms with Gasteiger partial charge in [-0.3, -0.25) is 4.79 Å². The molecule has 0 aliphatic heterocycles. The Morgan fingerprint density at radius 3 is 2.62 bits per heavy atom. The summed E-state index contributed by atoms with van der Waals surface area (Å²) in [4.78, 5) is 11.4. The zero-order chi connectivity index (χ0) is 9.68. The summed E-state index contributed by atoms with van der Waals surface area (Å²) in [6.07, 6.45) is 0.874. The van der Waals surface area contributed by atoms with Gasteiger partial charge in [0.2, 0.25) is 0 Å². The van der Waals surface area contributed by atoms with Gasteiger partial charge in [0.1, 0.15) is 6.10 Å². The smallest absolute Gasteiger partial charge is 0.191 e. The summed E-state index contributed by atoms with van der Waals surface area (Å²) in [6, 6.07) is 8.75. The molecular weight excluding hydrogens is 164 g/mol. The van der Waals surface area contributed by atoms with Crippen LogP contribution in [0.1, 0.15) is 16.8 Å². The number of rotatable bonds is 4. The van der Waals surface area contributed by atoms with Crippen LogP contribution in [0.5, 0.6) is 0 Å². The Labute approximate surface area is 77.5 Å². The highest BCUT2D eigenvalue weighted by atomic mass is 16.3. The van der Waals surface area contributed by atoms with E-state index in [1.165, 1.54) is 6.08 Å². The van der Waals surface area contributed by atoms with Gasteiger partial charge in [-0.2, -0.15) is 0 Å². The second kappa shape index (κ2) is 4.58. The molecule has 0 fully saturated rings. The van der Waals surface area contributed by atoms with E-state index in [-0.39, 0.29) is 5.78 Å². The van der Waals surface area contributed by atoms with Gasteiger partial charge >= 0.3 is 0 Å². The van der Waals surface area contributed by atoms with Gasteiger partial charge in [-0.25, -0.2) is 0 Å². The van der Waals surface area contributed by atoms with Crippen LogP contribution in [0.2, 0.25) is 0 Å². The van der Waals surface area contributed by atoms with Crippen LogP contribution in [0.15, 0.2) is 43.0 Å². The molecule has 0 aromatic heterocycles. The Hall–Kier alpha value is -1.41. The van der Waals surface area contributed by atoms with Gasteiger partial charge in [-0.1, -0.05) is 36.4 Å². The van der Waals surface area contributed by atoms with Gasteiger partial charge in [0.15, 0.2) is 5.78 Å². The maximum Gasteiger partial charge on any atom is 0.191 e. The number of hydrogen-bond donors (Lipinski definition) is 1. The highest BCUT2D eigenvalue weighted by molar-refractivity contribution is 5.99. The van der Waals surface area contributed by atoms with Crippen molar-refractivity contribution in [2.45, 2.75) is 12.5 Å². The molecular formula is C11H12O2. The maximum absolute atomic E-state index is 11.4. The normalized spacial score (nSPS) is 12.1. The minimum Gasteiger partial charge on any atom is -0.385 e. The first-order chi connectivity index (χ1) is 6.25. The molecule has 2 heteroatoms. The number of Topliss-reactive ketones (excluding diaryl/α,β-unsaturated/α-hetero) is 1. The van der Waals surface area contributed by atoms with Crippen molar-refractivity contribution in [2.75, 3.05) is 0 Å². The third-order valence-electron chi connectivity index (χ3n) is 1.75. The minimum absolute atomic E-state index is 0.250. The largest absolute Gasteiger partial charge is 0.385 e. The molecule has 0 spiro atoms. The molecule has 13 heavy (non-hydrogen) atoms. The summed E-state index contributed by atoms with van der Waals surface area (Å²) in [6.45, 7) is 3.46. The third kappa shape index (κ3) is 2.53. The van der Waals surface area contributed by atoms with Crippen molar-refractivity contribution in [3.8, 4) is 0 Å². The van der Waals surface area contributed by atoms with E-state index in [9.17, 15) is 9.90 Å². The molecule has 1 atom stereocenters. The number of aliphatic hydroxyl groups excluding tert-OH is 1. The van der Waals surface area contributed by atoms with Crippen LogP contribution in [-0.2, 0) is 0 Å². The van der Waals surface area contributed by atoms with Gasteiger partial charge in [0.25, 0.3) is 0 Å². The highest BCUT2D eigenvalue weighted by Gasteiger charge is 2.14. The molecule has 0 radical (unpaired) electrons. The van der Waals surface area contributed by atoms with E-state index >= 15 is 0 Å². The lowest BCUT2D eigenvalue weighted by molar-refractivity contribution is 0.0753. The zero-order valence-electron chi connectivity index (χ0n) is 7.31. The summed E-state index contributed by atoms with van der Waals surface area (Å²) >= 11 is 0. The summed E-state index contributed by atoms with van der Waals surface area (Å²) in [5, 5.41) is 9.35. The van der Waals surface area contributed by atoms with Gasteiger partial charge in [-0.15, -0.1) is 6.58 Å². The number of carbonyl (C=O) groups excluding carboxylic acids is 1. The van der Waals surface area contributed by atoms with E-state index in [4.69, 9.17) is 0 Å². The molecule has 0 bridgehead atoms. The van der Waals surface area contributed by atoms with Gasteiger partial charge in [-0.05, 0) is 6.42 Å². The first kappa shape index (κ1) is 9.68. The quantitative estimate of drug-likeness (QED) is 0.561. The SMILES string of the molecule is C=CC[C@@H](O)C(=O)c1ccccc1. The summed E-state index contributed by atoms with van der Waals surface area (Å²) in [5.41, 5.74) is 0.539. The molecule has 0 unspecified atom stereocenters. The van der Waals surface area contributed by atoms with E-state index in [0.717, 1.165) is 0 Å². The predicted molar refractivity (Wildman–Crippen MR) is 51.6 cm³/mol. The van der Waals surface area contributed by atoms with Crippen LogP contribution >= 0.6 is 0 Å². The van der Waals surface area contributed by atoms with E-state index in [1.807, 2.05) is 6.07 Å². The molecule has 0 saturated heterocycles. The van der Waals surface area contributed by atoms with Crippen molar-refractivity contribution in [1.29, 1.82) is 0 Å². The average molecular weight is 176 g/mol. The zero-order valence-corrected chi connectivity index (χ0v) is 7.31. The molecule has 0 heterocycles. The number of ketones is 1. The van der Waals surface area contributed by atoms with Crippen molar-refractivity contribution in [3.05, 3.63) is 48.6 Å². The molecule has 0 amide bonds. The predicted octanol–water partition coefficient (Wildman–Crippen LogP) is 1.81. The first-order valence-electron chi connectivity index (χ1n) is 4.14. The topological polar surface area (TPSA) is 37.3 Å². The monoisotopic (exact) mass is 176 g/mol. The molecule has 0 aliphatic carbocycles. The minimum atomic E-state index is -0.958. The number of aliphatic hydroxyl groups is 1. The number of hydrogen-bond acceptors (Lipinski definition) is 2. The molecule has 0 aliphatic rings. The average Bonchev–Trinajstić information content (AvgIpc) is 2.18. The van der Waals surface area contributed by atoms with Crippen molar-refractivity contribution in [2.24, 2.45) is 0 Å². The molecule has 1 aromatic rings. The van der Waals surface area contributed by atoms with Crippen LogP contribution in [-0.4, -0.2) is 17.0 Å². The van der Waals surface area contributed by atoms with Gasteiger partial charge in [0.05, 0.1) is 0 Å². The van der Waals surface area contributed by atoms with Crippen LogP contribution in [0, 0.1) is 0 Å². The molecule has 1 rings (SSSR count). The van der Waals surface area contributed by atoms with Crippen LogP contribution < -0.4 is 0 Å². The van der Waals surface area contributed by atoms with E-state index in [1.54, 1.807) is 24.3 Å². The lowest BCUT2D eigenvalue weighted by Crippen LogP contribution is -2.19. The lowest BCUT2D eigenvalue weighted by Gasteiger charge is -2.05. The van der Waals surface area contributed by atoms with Crippen molar-refractivity contribution in [3.63, 3.8) is 0 Å². The van der Waals surface area contributed by atoms with Crippen LogP contribution in [0.4, 0.5) is 0 Å². The number of benzene rings is 1.